The number of fused-ring (bicyclic) bond motifs is 1. The Morgan fingerprint density at radius 1 is 0.826 bits per heavy atom. The van der Waals surface area contributed by atoms with Crippen molar-refractivity contribution in [1.29, 1.82) is 0 Å². The third-order valence-electron chi connectivity index (χ3n) is 4.30. The van der Waals surface area contributed by atoms with E-state index in [1.54, 1.807) is 12.1 Å². The van der Waals surface area contributed by atoms with Crippen molar-refractivity contribution in [1.82, 2.24) is 0 Å². The van der Waals surface area contributed by atoms with E-state index in [4.69, 9.17) is 0 Å². The molecule has 1 nitrogen and oxygen atoms in total. The number of rotatable bonds is 0. The summed E-state index contributed by atoms with van der Waals surface area (Å²) in [6.45, 7) is 0. The maximum absolute atomic E-state index is 13.0. The lowest BCUT2D eigenvalue weighted by Crippen LogP contribution is -2.10. The fourth-order valence-corrected chi connectivity index (χ4v) is 3.22. The van der Waals surface area contributed by atoms with Gasteiger partial charge in [0.2, 0.25) is 0 Å². The molecule has 0 fully saturated rings. The molecule has 23 heavy (non-hydrogen) atoms. The third kappa shape index (κ3) is 2.13. The highest BCUT2D eigenvalue weighted by Crippen LogP contribution is 2.35. The molecular formula is C19H11F3O. The van der Waals surface area contributed by atoms with Crippen LogP contribution in [0.1, 0.15) is 32.6 Å². The van der Waals surface area contributed by atoms with Crippen molar-refractivity contribution in [3.63, 3.8) is 0 Å². The molecule has 0 aliphatic heterocycles. The van der Waals surface area contributed by atoms with Gasteiger partial charge in [-0.2, -0.15) is 13.2 Å². The van der Waals surface area contributed by atoms with E-state index in [-0.39, 0.29) is 11.3 Å². The van der Waals surface area contributed by atoms with Crippen molar-refractivity contribution in [2.45, 2.75) is 12.6 Å². The minimum absolute atomic E-state index is 0.142. The second-order valence-corrected chi connectivity index (χ2v) is 5.70. The van der Waals surface area contributed by atoms with Gasteiger partial charge in [-0.05, 0) is 40.5 Å². The zero-order valence-corrected chi connectivity index (χ0v) is 11.9. The molecule has 0 N–H and O–H groups in total. The van der Waals surface area contributed by atoms with E-state index in [1.807, 2.05) is 24.3 Å². The predicted octanol–water partition coefficient (Wildman–Crippen LogP) is 4.99. The number of ketones is 1. The lowest BCUT2D eigenvalue weighted by molar-refractivity contribution is -0.137. The van der Waals surface area contributed by atoms with Crippen molar-refractivity contribution >= 4 is 16.6 Å². The molecule has 1 aliphatic rings. The Morgan fingerprint density at radius 3 is 2.30 bits per heavy atom. The zero-order valence-electron chi connectivity index (χ0n) is 11.9. The molecule has 0 aromatic heterocycles. The molecule has 0 unspecified atom stereocenters. The quantitative estimate of drug-likeness (QED) is 0.447. The van der Waals surface area contributed by atoms with E-state index in [0.29, 0.717) is 17.5 Å². The lowest BCUT2D eigenvalue weighted by Gasteiger charge is -2.11. The molecule has 0 atom stereocenters. The molecule has 3 aromatic carbocycles. The first-order chi connectivity index (χ1) is 10.9. The van der Waals surface area contributed by atoms with Gasteiger partial charge in [0.05, 0.1) is 5.56 Å². The van der Waals surface area contributed by atoms with Crippen molar-refractivity contribution in [3.05, 3.63) is 82.4 Å². The Balaban J connectivity index is 2.02. The summed E-state index contributed by atoms with van der Waals surface area (Å²) < 4.78 is 38.9. The van der Waals surface area contributed by atoms with Crippen LogP contribution in [0, 0.1) is 0 Å². The van der Waals surface area contributed by atoms with Crippen LogP contribution in [0.25, 0.3) is 10.8 Å². The van der Waals surface area contributed by atoms with E-state index in [0.717, 1.165) is 28.5 Å². The monoisotopic (exact) mass is 312 g/mol. The Labute approximate surface area is 130 Å². The van der Waals surface area contributed by atoms with Gasteiger partial charge in [-0.25, -0.2) is 0 Å². The molecule has 0 bridgehead atoms. The Bertz CT molecular complexity index is 949. The van der Waals surface area contributed by atoms with Crippen LogP contribution in [-0.4, -0.2) is 5.78 Å². The SMILES string of the molecule is O=C1c2cc(C(F)(F)F)ccc2Cc2cccc3cccc1c23. The normalized spacial score (nSPS) is 13.8. The average Bonchev–Trinajstić information content (AvgIpc) is 2.64. The van der Waals surface area contributed by atoms with Crippen LogP contribution in [0.2, 0.25) is 0 Å². The smallest absolute Gasteiger partial charge is 0.289 e. The summed E-state index contributed by atoms with van der Waals surface area (Å²) in [4.78, 5) is 12.8. The van der Waals surface area contributed by atoms with E-state index >= 15 is 0 Å². The molecule has 0 saturated carbocycles. The maximum atomic E-state index is 13.0. The standard InChI is InChI=1S/C19H11F3O/c20-19(21,22)14-8-7-12-9-13-5-1-3-11-4-2-6-15(17(11)13)18(23)16(12)10-14/h1-8,10H,9H2. The number of halogens is 3. The van der Waals surface area contributed by atoms with E-state index in [9.17, 15) is 18.0 Å². The number of carbonyl (C=O) groups is 1. The second-order valence-electron chi connectivity index (χ2n) is 5.70. The molecule has 0 spiro atoms. The Hall–Kier alpha value is -2.62. The summed E-state index contributed by atoms with van der Waals surface area (Å²) in [5.74, 6) is -0.346. The average molecular weight is 312 g/mol. The number of alkyl halides is 3. The van der Waals surface area contributed by atoms with Gasteiger partial charge in [-0.3, -0.25) is 4.79 Å². The number of hydrogen-bond acceptors (Lipinski definition) is 1. The Kier molecular flexibility index (Phi) is 2.85. The van der Waals surface area contributed by atoms with Crippen LogP contribution in [0.4, 0.5) is 13.2 Å². The first-order valence-corrected chi connectivity index (χ1v) is 7.20. The van der Waals surface area contributed by atoms with Gasteiger partial charge in [0.1, 0.15) is 0 Å². The highest BCUT2D eigenvalue weighted by atomic mass is 19.4. The van der Waals surface area contributed by atoms with Crippen molar-refractivity contribution < 1.29 is 18.0 Å². The summed E-state index contributed by atoms with van der Waals surface area (Å²) in [5, 5.41) is 1.77. The topological polar surface area (TPSA) is 17.1 Å². The zero-order chi connectivity index (χ0) is 16.2. The molecule has 4 heteroatoms. The van der Waals surface area contributed by atoms with Crippen molar-refractivity contribution in [3.8, 4) is 0 Å². The minimum atomic E-state index is -4.46. The fourth-order valence-electron chi connectivity index (χ4n) is 3.22. The summed E-state index contributed by atoms with van der Waals surface area (Å²) in [6.07, 6.45) is -4.01. The first-order valence-electron chi connectivity index (χ1n) is 7.20. The van der Waals surface area contributed by atoms with Crippen LogP contribution < -0.4 is 0 Å². The third-order valence-corrected chi connectivity index (χ3v) is 4.30. The summed E-state index contributed by atoms with van der Waals surface area (Å²) in [5.41, 5.74) is 1.42. The molecule has 0 amide bonds. The summed E-state index contributed by atoms with van der Waals surface area (Å²) in [7, 11) is 0. The molecular weight excluding hydrogens is 301 g/mol. The predicted molar refractivity (Wildman–Crippen MR) is 81.6 cm³/mol. The van der Waals surface area contributed by atoms with Crippen LogP contribution in [-0.2, 0) is 12.6 Å². The van der Waals surface area contributed by atoms with Gasteiger partial charge >= 0.3 is 6.18 Å². The van der Waals surface area contributed by atoms with Crippen molar-refractivity contribution in [2.24, 2.45) is 0 Å². The molecule has 114 valence electrons. The Morgan fingerprint density at radius 2 is 1.57 bits per heavy atom. The van der Waals surface area contributed by atoms with E-state index < -0.39 is 11.7 Å². The second kappa shape index (κ2) is 4.69. The molecule has 3 aromatic rings. The van der Waals surface area contributed by atoms with Gasteiger partial charge in [0.15, 0.2) is 5.78 Å². The van der Waals surface area contributed by atoms with Crippen LogP contribution in [0.3, 0.4) is 0 Å². The number of hydrogen-bond donors (Lipinski definition) is 0. The van der Waals surface area contributed by atoms with Gasteiger partial charge in [0, 0.05) is 11.1 Å². The highest BCUT2D eigenvalue weighted by molar-refractivity contribution is 6.18. The number of benzene rings is 3. The van der Waals surface area contributed by atoms with Gasteiger partial charge in [0.25, 0.3) is 0 Å². The molecule has 4 rings (SSSR count). The first kappa shape index (κ1) is 14.0. The van der Waals surface area contributed by atoms with Crippen molar-refractivity contribution in [2.75, 3.05) is 0 Å². The summed E-state index contributed by atoms with van der Waals surface area (Å²) in [6, 6.07) is 14.5. The summed E-state index contributed by atoms with van der Waals surface area (Å²) >= 11 is 0. The van der Waals surface area contributed by atoms with Gasteiger partial charge < -0.3 is 0 Å². The van der Waals surface area contributed by atoms with Gasteiger partial charge in [-0.15, -0.1) is 0 Å². The maximum Gasteiger partial charge on any atom is 0.416 e. The van der Waals surface area contributed by atoms with Crippen LogP contribution in [0.5, 0.6) is 0 Å². The van der Waals surface area contributed by atoms with Crippen LogP contribution in [0.15, 0.2) is 54.6 Å². The molecule has 1 aliphatic carbocycles. The van der Waals surface area contributed by atoms with Crippen LogP contribution >= 0.6 is 0 Å². The molecule has 0 saturated heterocycles. The number of carbonyl (C=O) groups excluding carboxylic acids is 1. The lowest BCUT2D eigenvalue weighted by atomic mass is 9.96. The van der Waals surface area contributed by atoms with E-state index in [2.05, 4.69) is 0 Å². The van der Waals surface area contributed by atoms with Gasteiger partial charge in [-0.1, -0.05) is 42.5 Å². The fraction of sp³-hybridized carbons (Fsp3) is 0.105. The van der Waals surface area contributed by atoms with E-state index in [1.165, 1.54) is 6.07 Å². The minimum Gasteiger partial charge on any atom is -0.289 e. The molecule has 0 heterocycles. The molecule has 0 radical (unpaired) electrons. The largest absolute Gasteiger partial charge is 0.416 e. The highest BCUT2D eigenvalue weighted by Gasteiger charge is 2.32.